The van der Waals surface area contributed by atoms with Gasteiger partial charge in [-0.15, -0.1) is 0 Å². The standard InChI is InChI=1S/C28H28F4N4/c1-4-7-22(6-3)36-27-33-17-21(18-34-27)20-11-9-19(10-12-20)15-23(8-5-2)35-24-13-14-25(26(29)16-24)28(30,31)32/h6-14,16-18,35H,3-5,15H2,1-2H3,(H,33,34,36)/b22-7+,23-8+. The second-order valence-electron chi connectivity index (χ2n) is 8.02. The van der Waals surface area contributed by atoms with Gasteiger partial charge in [-0.3, -0.25) is 0 Å². The summed E-state index contributed by atoms with van der Waals surface area (Å²) in [6.45, 7) is 7.75. The van der Waals surface area contributed by atoms with Crippen LogP contribution in [0.4, 0.5) is 29.2 Å². The lowest BCUT2D eigenvalue weighted by atomic mass is 10.0. The van der Waals surface area contributed by atoms with Crippen LogP contribution in [0.2, 0.25) is 0 Å². The maximum atomic E-state index is 14.0. The molecule has 0 unspecified atom stereocenters. The number of anilines is 2. The van der Waals surface area contributed by atoms with Crippen molar-refractivity contribution in [3.05, 3.63) is 108 Å². The van der Waals surface area contributed by atoms with Crippen LogP contribution in [0, 0.1) is 5.82 Å². The molecule has 0 radical (unpaired) electrons. The molecule has 188 valence electrons. The van der Waals surface area contributed by atoms with Crippen LogP contribution >= 0.6 is 0 Å². The lowest BCUT2D eigenvalue weighted by Gasteiger charge is -2.14. The number of benzene rings is 2. The maximum absolute atomic E-state index is 14.0. The van der Waals surface area contributed by atoms with Crippen LogP contribution in [0.1, 0.15) is 37.8 Å². The van der Waals surface area contributed by atoms with Gasteiger partial charge in [0.2, 0.25) is 5.95 Å². The molecule has 2 aromatic carbocycles. The molecule has 36 heavy (non-hydrogen) atoms. The summed E-state index contributed by atoms with van der Waals surface area (Å²) in [5.41, 5.74) is 3.37. The molecule has 3 rings (SSSR count). The quantitative estimate of drug-likeness (QED) is 0.220. The molecule has 8 heteroatoms. The van der Waals surface area contributed by atoms with E-state index in [4.69, 9.17) is 0 Å². The second-order valence-corrected chi connectivity index (χ2v) is 8.02. The van der Waals surface area contributed by atoms with E-state index < -0.39 is 17.6 Å². The van der Waals surface area contributed by atoms with Crippen molar-refractivity contribution in [2.75, 3.05) is 10.6 Å². The summed E-state index contributed by atoms with van der Waals surface area (Å²) < 4.78 is 52.4. The third-order valence-corrected chi connectivity index (χ3v) is 5.26. The Kier molecular flexibility index (Phi) is 9.00. The van der Waals surface area contributed by atoms with Crippen molar-refractivity contribution in [2.45, 2.75) is 39.3 Å². The van der Waals surface area contributed by atoms with E-state index in [1.807, 2.05) is 50.3 Å². The molecule has 0 fully saturated rings. The number of aromatic nitrogens is 2. The van der Waals surface area contributed by atoms with Gasteiger partial charge in [0, 0.05) is 41.5 Å². The molecule has 1 heterocycles. The van der Waals surface area contributed by atoms with E-state index in [9.17, 15) is 17.6 Å². The van der Waals surface area contributed by atoms with E-state index in [-0.39, 0.29) is 5.69 Å². The van der Waals surface area contributed by atoms with Crippen LogP contribution in [0.5, 0.6) is 0 Å². The predicted molar refractivity (Wildman–Crippen MR) is 137 cm³/mol. The number of hydrogen-bond donors (Lipinski definition) is 2. The highest BCUT2D eigenvalue weighted by Crippen LogP contribution is 2.32. The summed E-state index contributed by atoms with van der Waals surface area (Å²) in [7, 11) is 0. The largest absolute Gasteiger partial charge is 0.419 e. The fourth-order valence-electron chi connectivity index (χ4n) is 3.53. The van der Waals surface area contributed by atoms with Crippen LogP contribution in [0.15, 0.2) is 91.1 Å². The van der Waals surface area contributed by atoms with Crippen molar-refractivity contribution in [1.82, 2.24) is 9.97 Å². The van der Waals surface area contributed by atoms with Crippen molar-refractivity contribution in [1.29, 1.82) is 0 Å². The average molecular weight is 497 g/mol. The van der Waals surface area contributed by atoms with E-state index in [0.29, 0.717) is 18.8 Å². The van der Waals surface area contributed by atoms with Gasteiger partial charge in [-0.2, -0.15) is 13.2 Å². The molecule has 0 saturated carbocycles. The third kappa shape index (κ3) is 7.28. The Morgan fingerprint density at radius 1 is 0.917 bits per heavy atom. The maximum Gasteiger partial charge on any atom is 0.419 e. The molecular weight excluding hydrogens is 468 g/mol. The van der Waals surface area contributed by atoms with Crippen molar-refractivity contribution in [2.24, 2.45) is 0 Å². The van der Waals surface area contributed by atoms with E-state index in [2.05, 4.69) is 27.2 Å². The Morgan fingerprint density at radius 2 is 1.58 bits per heavy atom. The zero-order valence-electron chi connectivity index (χ0n) is 20.2. The molecule has 2 N–H and O–H groups in total. The summed E-state index contributed by atoms with van der Waals surface area (Å²) in [5, 5.41) is 6.16. The molecule has 1 aromatic heterocycles. The summed E-state index contributed by atoms with van der Waals surface area (Å²) >= 11 is 0. The van der Waals surface area contributed by atoms with Gasteiger partial charge in [-0.1, -0.05) is 56.8 Å². The molecule has 0 bridgehead atoms. The van der Waals surface area contributed by atoms with Crippen LogP contribution < -0.4 is 10.6 Å². The van der Waals surface area contributed by atoms with Crippen LogP contribution in [-0.4, -0.2) is 9.97 Å². The minimum absolute atomic E-state index is 0.260. The Labute approximate surface area is 208 Å². The number of nitrogens with zero attached hydrogens (tertiary/aromatic N) is 2. The lowest BCUT2D eigenvalue weighted by Crippen LogP contribution is -2.09. The number of allylic oxidation sites excluding steroid dienone is 4. The molecule has 0 aliphatic heterocycles. The fraction of sp³-hybridized carbons (Fsp3) is 0.214. The van der Waals surface area contributed by atoms with Crippen LogP contribution in [-0.2, 0) is 12.6 Å². The highest BCUT2D eigenvalue weighted by atomic mass is 19.4. The highest BCUT2D eigenvalue weighted by molar-refractivity contribution is 5.63. The number of rotatable bonds is 10. The molecule has 4 nitrogen and oxygen atoms in total. The monoisotopic (exact) mass is 496 g/mol. The van der Waals surface area contributed by atoms with Gasteiger partial charge in [-0.05, 0) is 48.2 Å². The summed E-state index contributed by atoms with van der Waals surface area (Å²) in [5.74, 6) is -0.826. The first-order valence-corrected chi connectivity index (χ1v) is 11.6. The average Bonchev–Trinajstić information content (AvgIpc) is 2.84. The first-order chi connectivity index (χ1) is 17.2. The SMILES string of the molecule is C=C/C(=C\CC)Nc1ncc(-c2ccc(C/C(=C\CC)Nc3ccc(C(F)(F)F)c(F)c3)cc2)cn1. The molecule has 0 amide bonds. The normalized spacial score (nSPS) is 12.4. The van der Waals surface area contributed by atoms with Gasteiger partial charge in [0.05, 0.1) is 5.56 Å². The third-order valence-electron chi connectivity index (χ3n) is 5.26. The smallest absolute Gasteiger partial charge is 0.359 e. The Balaban J connectivity index is 1.69. The molecular formula is C28H28F4N4. The predicted octanol–water partition coefficient (Wildman–Crippen LogP) is 8.14. The van der Waals surface area contributed by atoms with Crippen molar-refractivity contribution < 1.29 is 17.6 Å². The van der Waals surface area contributed by atoms with Gasteiger partial charge in [0.1, 0.15) is 5.82 Å². The zero-order valence-corrected chi connectivity index (χ0v) is 20.2. The van der Waals surface area contributed by atoms with E-state index in [1.165, 1.54) is 6.07 Å². The number of nitrogens with one attached hydrogen (secondary N) is 2. The lowest BCUT2D eigenvalue weighted by molar-refractivity contribution is -0.139. The molecule has 3 aromatic rings. The Morgan fingerprint density at radius 3 is 2.14 bits per heavy atom. The molecule has 0 spiro atoms. The Bertz CT molecular complexity index is 1230. The van der Waals surface area contributed by atoms with Gasteiger partial charge in [0.15, 0.2) is 0 Å². The van der Waals surface area contributed by atoms with E-state index >= 15 is 0 Å². The first-order valence-electron chi connectivity index (χ1n) is 11.6. The number of alkyl halides is 3. The number of hydrogen-bond acceptors (Lipinski definition) is 4. The Hall–Kier alpha value is -3.94. The highest BCUT2D eigenvalue weighted by Gasteiger charge is 2.33. The van der Waals surface area contributed by atoms with Gasteiger partial charge in [-0.25, -0.2) is 14.4 Å². The van der Waals surface area contributed by atoms with Crippen LogP contribution in [0.3, 0.4) is 0 Å². The fourth-order valence-corrected chi connectivity index (χ4v) is 3.53. The summed E-state index contributed by atoms with van der Waals surface area (Å²) in [6.07, 6.45) is 6.46. The van der Waals surface area contributed by atoms with Crippen molar-refractivity contribution >= 4 is 11.6 Å². The second kappa shape index (κ2) is 12.2. The molecule has 0 atom stereocenters. The van der Waals surface area contributed by atoms with Crippen LogP contribution in [0.25, 0.3) is 11.1 Å². The minimum Gasteiger partial charge on any atom is -0.359 e. The van der Waals surface area contributed by atoms with Gasteiger partial charge < -0.3 is 10.6 Å². The number of halogens is 4. The van der Waals surface area contributed by atoms with Gasteiger partial charge in [0.25, 0.3) is 0 Å². The van der Waals surface area contributed by atoms with E-state index in [1.54, 1.807) is 18.5 Å². The van der Waals surface area contributed by atoms with Crippen molar-refractivity contribution in [3.63, 3.8) is 0 Å². The van der Waals surface area contributed by atoms with E-state index in [0.717, 1.165) is 46.6 Å². The topological polar surface area (TPSA) is 49.8 Å². The summed E-state index contributed by atoms with van der Waals surface area (Å²) in [6, 6.07) is 10.7. The summed E-state index contributed by atoms with van der Waals surface area (Å²) in [4.78, 5) is 8.73. The zero-order chi connectivity index (χ0) is 26.1. The minimum atomic E-state index is -4.73. The first kappa shape index (κ1) is 26.7. The van der Waals surface area contributed by atoms with Crippen molar-refractivity contribution in [3.8, 4) is 11.1 Å². The molecule has 0 saturated heterocycles. The molecule has 0 aliphatic rings. The van der Waals surface area contributed by atoms with Gasteiger partial charge >= 0.3 is 6.18 Å². The molecule has 0 aliphatic carbocycles.